The fourth-order valence-electron chi connectivity index (χ4n) is 2.85. The van der Waals surface area contributed by atoms with Crippen LogP contribution in [0.4, 0.5) is 5.82 Å². The number of hydrogen-bond donors (Lipinski definition) is 3. The number of thiophene rings is 1. The minimum absolute atomic E-state index is 0.248. The Morgan fingerprint density at radius 3 is 3.17 bits per heavy atom. The molecule has 0 radical (unpaired) electrons. The number of nitrogens with one attached hydrogen (secondary N) is 3. The highest BCUT2D eigenvalue weighted by atomic mass is 32.1. The van der Waals surface area contributed by atoms with Crippen LogP contribution in [-0.4, -0.2) is 39.0 Å². The first-order chi connectivity index (χ1) is 11.8. The summed E-state index contributed by atoms with van der Waals surface area (Å²) in [6, 6.07) is 7.87. The van der Waals surface area contributed by atoms with Crippen LogP contribution in [0.3, 0.4) is 0 Å². The largest absolute Gasteiger partial charge is 0.315 e. The van der Waals surface area contributed by atoms with Gasteiger partial charge in [0, 0.05) is 18.8 Å². The van der Waals surface area contributed by atoms with Gasteiger partial charge in [0.25, 0.3) is 5.91 Å². The number of carbonyl (C=O) groups is 1. The van der Waals surface area contributed by atoms with E-state index in [1.54, 1.807) is 17.4 Å². The van der Waals surface area contributed by atoms with Crippen LogP contribution in [0, 0.1) is 0 Å². The molecule has 8 heteroatoms. The number of H-pyrrole nitrogens is 1. The lowest BCUT2D eigenvalue weighted by Crippen LogP contribution is -2.32. The summed E-state index contributed by atoms with van der Waals surface area (Å²) in [6.07, 6.45) is 4.08. The minimum atomic E-state index is -0.248. The second kappa shape index (κ2) is 6.58. The maximum atomic E-state index is 12.4. The van der Waals surface area contributed by atoms with Crippen LogP contribution >= 0.6 is 11.3 Å². The van der Waals surface area contributed by atoms with Gasteiger partial charge in [-0.1, -0.05) is 6.07 Å². The van der Waals surface area contributed by atoms with Crippen LogP contribution in [0.5, 0.6) is 0 Å². The van der Waals surface area contributed by atoms with Gasteiger partial charge < -0.3 is 10.6 Å². The molecule has 24 heavy (non-hydrogen) atoms. The number of piperidine rings is 1. The summed E-state index contributed by atoms with van der Waals surface area (Å²) in [4.78, 5) is 13.4. The van der Waals surface area contributed by atoms with E-state index in [4.69, 9.17) is 0 Å². The van der Waals surface area contributed by atoms with E-state index in [-0.39, 0.29) is 5.91 Å². The predicted octanol–water partition coefficient (Wildman–Crippen LogP) is 2.51. The normalized spacial score (nSPS) is 17.8. The Morgan fingerprint density at radius 1 is 1.42 bits per heavy atom. The van der Waals surface area contributed by atoms with E-state index in [2.05, 4.69) is 25.9 Å². The Hall–Kier alpha value is -2.45. The van der Waals surface area contributed by atoms with Gasteiger partial charge in [0.05, 0.1) is 16.6 Å². The van der Waals surface area contributed by atoms with Gasteiger partial charge in [-0.2, -0.15) is 10.2 Å². The van der Waals surface area contributed by atoms with Crippen molar-refractivity contribution < 1.29 is 4.79 Å². The first kappa shape index (κ1) is 15.1. The summed E-state index contributed by atoms with van der Waals surface area (Å²) in [5.74, 6) is 0.249. The Labute approximate surface area is 143 Å². The van der Waals surface area contributed by atoms with E-state index in [0.717, 1.165) is 36.5 Å². The maximum Gasteiger partial charge on any atom is 0.277 e. The predicted molar refractivity (Wildman–Crippen MR) is 93.2 cm³/mol. The van der Waals surface area contributed by atoms with Crippen molar-refractivity contribution in [2.75, 3.05) is 18.4 Å². The molecule has 3 N–H and O–H groups in total. The summed E-state index contributed by atoms with van der Waals surface area (Å²) in [5.41, 5.74) is 1.29. The lowest BCUT2D eigenvalue weighted by Gasteiger charge is -2.22. The molecule has 1 unspecified atom stereocenters. The number of anilines is 1. The molecule has 7 nitrogen and oxygen atoms in total. The molecule has 4 rings (SSSR count). The van der Waals surface area contributed by atoms with Gasteiger partial charge in [0.2, 0.25) is 0 Å². The molecule has 0 saturated carbocycles. The summed E-state index contributed by atoms with van der Waals surface area (Å²) in [6.45, 7) is 1.95. The number of aromatic nitrogens is 4. The standard InChI is InChI=1S/C16H18N6OS/c23-16(12-5-7-22(21-12)11-3-1-6-17-10-11)18-15-9-13(19-20-15)14-4-2-8-24-14/h2,4-5,7-9,11,17H,1,3,6,10H2,(H2,18,19,20,23). The maximum absolute atomic E-state index is 12.4. The molecular weight excluding hydrogens is 324 g/mol. The van der Waals surface area contributed by atoms with Crippen molar-refractivity contribution in [1.82, 2.24) is 25.3 Å². The zero-order chi connectivity index (χ0) is 16.4. The van der Waals surface area contributed by atoms with Crippen molar-refractivity contribution in [3.8, 4) is 10.6 Å². The number of hydrogen-bond acceptors (Lipinski definition) is 5. The monoisotopic (exact) mass is 342 g/mol. The van der Waals surface area contributed by atoms with Gasteiger partial charge in [0.1, 0.15) is 0 Å². The zero-order valence-electron chi connectivity index (χ0n) is 13.0. The van der Waals surface area contributed by atoms with Crippen molar-refractivity contribution in [3.63, 3.8) is 0 Å². The number of nitrogens with zero attached hydrogens (tertiary/aromatic N) is 3. The highest BCUT2D eigenvalue weighted by Gasteiger charge is 2.18. The lowest BCUT2D eigenvalue weighted by molar-refractivity contribution is 0.102. The molecule has 1 atom stereocenters. The van der Waals surface area contributed by atoms with Gasteiger partial charge in [-0.25, -0.2) is 0 Å². The molecule has 3 aromatic heterocycles. The quantitative estimate of drug-likeness (QED) is 0.680. The van der Waals surface area contributed by atoms with E-state index in [9.17, 15) is 4.79 Å². The van der Waals surface area contributed by atoms with Gasteiger partial charge >= 0.3 is 0 Å². The molecule has 0 aliphatic carbocycles. The second-order valence-electron chi connectivity index (χ2n) is 5.78. The van der Waals surface area contributed by atoms with E-state index in [0.29, 0.717) is 17.6 Å². The molecule has 4 heterocycles. The average molecular weight is 342 g/mol. The molecule has 0 bridgehead atoms. The van der Waals surface area contributed by atoms with E-state index < -0.39 is 0 Å². The number of rotatable bonds is 4. The van der Waals surface area contributed by atoms with Gasteiger partial charge in [-0.05, 0) is 36.9 Å². The summed E-state index contributed by atoms with van der Waals surface area (Å²) < 4.78 is 1.88. The smallest absolute Gasteiger partial charge is 0.277 e. The van der Waals surface area contributed by atoms with Crippen LogP contribution in [0.2, 0.25) is 0 Å². The number of aromatic amines is 1. The van der Waals surface area contributed by atoms with Crippen LogP contribution in [0.15, 0.2) is 35.8 Å². The second-order valence-corrected chi connectivity index (χ2v) is 6.73. The van der Waals surface area contributed by atoms with Gasteiger partial charge in [-0.15, -0.1) is 11.3 Å². The molecule has 1 saturated heterocycles. The molecule has 1 aliphatic heterocycles. The Balaban J connectivity index is 1.44. The first-order valence-electron chi connectivity index (χ1n) is 7.96. The minimum Gasteiger partial charge on any atom is -0.315 e. The Morgan fingerprint density at radius 2 is 2.38 bits per heavy atom. The van der Waals surface area contributed by atoms with Crippen molar-refractivity contribution in [2.24, 2.45) is 0 Å². The van der Waals surface area contributed by atoms with Gasteiger partial charge in [0.15, 0.2) is 11.5 Å². The SMILES string of the molecule is O=C(Nc1cc(-c2cccs2)[nH]n1)c1ccn(C2CCCNC2)n1. The third-order valence-electron chi connectivity index (χ3n) is 4.09. The Kier molecular flexibility index (Phi) is 4.14. The fourth-order valence-corrected chi connectivity index (χ4v) is 3.54. The van der Waals surface area contributed by atoms with Crippen LogP contribution in [0.25, 0.3) is 10.6 Å². The number of amides is 1. The highest BCUT2D eigenvalue weighted by molar-refractivity contribution is 7.13. The molecule has 1 aliphatic rings. The van der Waals surface area contributed by atoms with E-state index >= 15 is 0 Å². The Bertz CT molecular complexity index is 815. The summed E-state index contributed by atoms with van der Waals surface area (Å²) in [7, 11) is 0. The lowest BCUT2D eigenvalue weighted by atomic mass is 10.1. The van der Waals surface area contributed by atoms with Crippen LogP contribution in [-0.2, 0) is 0 Å². The van der Waals surface area contributed by atoms with Crippen molar-refractivity contribution in [1.29, 1.82) is 0 Å². The molecule has 0 aromatic carbocycles. The average Bonchev–Trinajstić information content (AvgIpc) is 3.36. The van der Waals surface area contributed by atoms with E-state index in [1.165, 1.54) is 0 Å². The molecule has 0 spiro atoms. The molecule has 1 amide bonds. The topological polar surface area (TPSA) is 87.6 Å². The van der Waals surface area contributed by atoms with E-state index in [1.807, 2.05) is 34.5 Å². The summed E-state index contributed by atoms with van der Waals surface area (Å²) in [5, 5.41) is 19.6. The molecule has 1 fully saturated rings. The third-order valence-corrected chi connectivity index (χ3v) is 5.00. The van der Waals surface area contributed by atoms with Crippen molar-refractivity contribution in [2.45, 2.75) is 18.9 Å². The van der Waals surface area contributed by atoms with Gasteiger partial charge in [-0.3, -0.25) is 14.6 Å². The van der Waals surface area contributed by atoms with Crippen molar-refractivity contribution in [3.05, 3.63) is 41.5 Å². The molecular formula is C16H18N6OS. The third kappa shape index (κ3) is 3.10. The van der Waals surface area contributed by atoms with Crippen molar-refractivity contribution >= 4 is 23.1 Å². The summed E-state index contributed by atoms with van der Waals surface area (Å²) >= 11 is 1.62. The van der Waals surface area contributed by atoms with Crippen LogP contribution < -0.4 is 10.6 Å². The highest BCUT2D eigenvalue weighted by Crippen LogP contribution is 2.24. The fraction of sp³-hybridized carbons (Fsp3) is 0.312. The first-order valence-corrected chi connectivity index (χ1v) is 8.84. The van der Waals surface area contributed by atoms with Crippen LogP contribution in [0.1, 0.15) is 29.4 Å². The number of carbonyl (C=O) groups excluding carboxylic acids is 1. The molecule has 3 aromatic rings. The molecule has 124 valence electrons. The zero-order valence-corrected chi connectivity index (χ0v) is 13.8.